The highest BCUT2D eigenvalue weighted by atomic mass is 35.5. The van der Waals surface area contributed by atoms with Crippen molar-refractivity contribution in [2.24, 2.45) is 11.6 Å². The summed E-state index contributed by atoms with van der Waals surface area (Å²) in [7, 11) is 0. The van der Waals surface area contributed by atoms with Crippen LogP contribution in [0.3, 0.4) is 0 Å². The van der Waals surface area contributed by atoms with Gasteiger partial charge in [-0.3, -0.25) is 4.84 Å². The molecule has 0 radical (unpaired) electrons. The number of hydrogen-bond acceptors (Lipinski definition) is 3. The predicted molar refractivity (Wildman–Crippen MR) is 42.9 cm³/mol. The normalized spacial score (nSPS) is 9.33. The average molecular weight is 177 g/mol. The number of halogens is 2. The zero-order chi connectivity index (χ0) is 5.91. The summed E-state index contributed by atoms with van der Waals surface area (Å²) in [4.78, 5) is 4.46. The lowest BCUT2D eigenvalue weighted by atomic mass is 10.1. The molecule has 0 aliphatic rings. The molecule has 0 bridgehead atoms. The topological polar surface area (TPSA) is 61.3 Å². The molecule has 3 nitrogen and oxygen atoms in total. The molecule has 0 saturated heterocycles. The molecular weight excluding hydrogens is 163 g/mol. The third-order valence-electron chi connectivity index (χ3n) is 0.811. The Bertz CT molecular complexity index is 54.5. The number of hydrogen-bond donors (Lipinski definition) is 2. The van der Waals surface area contributed by atoms with Crippen LogP contribution in [-0.4, -0.2) is 12.1 Å². The lowest BCUT2D eigenvalue weighted by molar-refractivity contribution is -0.0119. The fraction of sp³-hybridized carbons (Fsp3) is 1.00. The molecule has 0 saturated carbocycles. The van der Waals surface area contributed by atoms with Crippen molar-refractivity contribution in [3.05, 3.63) is 0 Å². The van der Waals surface area contributed by atoms with Crippen LogP contribution in [0.1, 0.15) is 13.8 Å². The van der Waals surface area contributed by atoms with Crippen molar-refractivity contribution < 1.29 is 4.84 Å². The van der Waals surface area contributed by atoms with Gasteiger partial charge in [-0.15, -0.1) is 24.8 Å². The van der Waals surface area contributed by atoms with Gasteiger partial charge in [0.15, 0.2) is 0 Å². The minimum absolute atomic E-state index is 0. The molecule has 0 fully saturated rings. The Morgan fingerprint density at radius 2 is 1.67 bits per heavy atom. The van der Waals surface area contributed by atoms with E-state index in [0.29, 0.717) is 6.54 Å². The Morgan fingerprint density at radius 1 is 1.33 bits per heavy atom. The Balaban J connectivity index is -0.000000180. The van der Waals surface area contributed by atoms with Crippen molar-refractivity contribution in [1.29, 1.82) is 0 Å². The van der Waals surface area contributed by atoms with Crippen LogP contribution >= 0.6 is 24.8 Å². The van der Waals surface area contributed by atoms with Crippen LogP contribution in [0.4, 0.5) is 0 Å². The minimum atomic E-state index is -0.361. The molecule has 4 N–H and O–H groups in total. The van der Waals surface area contributed by atoms with E-state index in [9.17, 15) is 0 Å². The molecule has 0 heterocycles. The molecule has 0 atom stereocenters. The molecule has 0 rings (SSSR count). The zero-order valence-corrected chi connectivity index (χ0v) is 7.22. The Kier molecular flexibility index (Phi) is 11.9. The molecule has 60 valence electrons. The van der Waals surface area contributed by atoms with Crippen LogP contribution in [0.15, 0.2) is 0 Å². The maximum atomic E-state index is 5.21. The molecule has 9 heavy (non-hydrogen) atoms. The van der Waals surface area contributed by atoms with E-state index in [0.717, 1.165) is 0 Å². The fourth-order valence-corrected chi connectivity index (χ4v) is 0.0481. The van der Waals surface area contributed by atoms with Crippen LogP contribution in [0, 0.1) is 0 Å². The standard InChI is InChI=1S/C4H12N2O.2ClH/c1-4(2,3-5)7-6;;/h3,5-6H2,1-2H3;2*1H. The van der Waals surface area contributed by atoms with E-state index >= 15 is 0 Å². The first-order chi connectivity index (χ1) is 3.12. The van der Waals surface area contributed by atoms with Crippen molar-refractivity contribution in [2.45, 2.75) is 19.4 Å². The maximum absolute atomic E-state index is 5.21. The summed E-state index contributed by atoms with van der Waals surface area (Å²) in [5, 5.41) is 0. The lowest BCUT2D eigenvalue weighted by Gasteiger charge is -2.17. The summed E-state index contributed by atoms with van der Waals surface area (Å²) in [6.45, 7) is 4.10. The van der Waals surface area contributed by atoms with Gasteiger partial charge in [-0.25, -0.2) is 5.90 Å². The highest BCUT2D eigenvalue weighted by Gasteiger charge is 2.12. The van der Waals surface area contributed by atoms with E-state index < -0.39 is 0 Å². The van der Waals surface area contributed by atoms with Crippen molar-refractivity contribution >= 4 is 24.8 Å². The minimum Gasteiger partial charge on any atom is -0.328 e. The van der Waals surface area contributed by atoms with Crippen LogP contribution in [0.5, 0.6) is 0 Å². The van der Waals surface area contributed by atoms with E-state index in [2.05, 4.69) is 4.84 Å². The van der Waals surface area contributed by atoms with Crippen molar-refractivity contribution in [2.75, 3.05) is 6.54 Å². The summed E-state index contributed by atoms with van der Waals surface area (Å²) < 4.78 is 0. The van der Waals surface area contributed by atoms with Gasteiger partial charge in [-0.05, 0) is 13.8 Å². The zero-order valence-electron chi connectivity index (χ0n) is 5.59. The van der Waals surface area contributed by atoms with Gasteiger partial charge in [0.2, 0.25) is 0 Å². The van der Waals surface area contributed by atoms with E-state index in [1.807, 2.05) is 13.8 Å². The van der Waals surface area contributed by atoms with Crippen molar-refractivity contribution in [3.63, 3.8) is 0 Å². The van der Waals surface area contributed by atoms with Gasteiger partial charge in [0.25, 0.3) is 0 Å². The first kappa shape index (κ1) is 16.2. The number of nitrogens with two attached hydrogens (primary N) is 2. The van der Waals surface area contributed by atoms with Crippen molar-refractivity contribution in [1.82, 2.24) is 0 Å². The maximum Gasteiger partial charge on any atom is 0.0959 e. The smallest absolute Gasteiger partial charge is 0.0959 e. The highest BCUT2D eigenvalue weighted by molar-refractivity contribution is 5.85. The monoisotopic (exact) mass is 176 g/mol. The van der Waals surface area contributed by atoms with Crippen LogP contribution in [0.2, 0.25) is 0 Å². The van der Waals surface area contributed by atoms with Gasteiger partial charge in [-0.1, -0.05) is 0 Å². The molecule has 0 aliphatic carbocycles. The second kappa shape index (κ2) is 6.58. The largest absolute Gasteiger partial charge is 0.328 e. The lowest BCUT2D eigenvalue weighted by Crippen LogP contribution is -2.36. The third-order valence-corrected chi connectivity index (χ3v) is 0.811. The van der Waals surface area contributed by atoms with E-state index in [4.69, 9.17) is 11.6 Å². The summed E-state index contributed by atoms with van der Waals surface area (Å²) in [6.07, 6.45) is 0. The summed E-state index contributed by atoms with van der Waals surface area (Å²) in [6, 6.07) is 0. The van der Waals surface area contributed by atoms with E-state index in [1.165, 1.54) is 0 Å². The first-order valence-corrected chi connectivity index (χ1v) is 2.20. The van der Waals surface area contributed by atoms with Gasteiger partial charge in [0, 0.05) is 6.54 Å². The molecule has 0 aromatic carbocycles. The van der Waals surface area contributed by atoms with Gasteiger partial charge in [0.05, 0.1) is 5.60 Å². The van der Waals surface area contributed by atoms with Gasteiger partial charge >= 0.3 is 0 Å². The molecule has 0 aromatic heterocycles. The Labute approximate surface area is 67.9 Å². The van der Waals surface area contributed by atoms with E-state index in [-0.39, 0.29) is 30.4 Å². The molecule has 0 spiro atoms. The quantitative estimate of drug-likeness (QED) is 0.602. The third kappa shape index (κ3) is 8.46. The summed E-state index contributed by atoms with van der Waals surface area (Å²) >= 11 is 0. The van der Waals surface area contributed by atoms with E-state index in [1.54, 1.807) is 0 Å². The molecule has 5 heteroatoms. The van der Waals surface area contributed by atoms with Crippen LogP contribution < -0.4 is 11.6 Å². The van der Waals surface area contributed by atoms with Gasteiger partial charge in [-0.2, -0.15) is 0 Å². The predicted octanol–water partition coefficient (Wildman–Crippen LogP) is 0.458. The highest BCUT2D eigenvalue weighted by Crippen LogP contribution is 1.99. The number of rotatable bonds is 2. The fourth-order valence-electron chi connectivity index (χ4n) is 0.0481. The second-order valence-electron chi connectivity index (χ2n) is 2.08. The molecule has 0 amide bonds. The SMILES string of the molecule is CC(C)(CN)ON.Cl.Cl. The molecule has 0 aliphatic heterocycles. The molecule has 0 aromatic rings. The average Bonchev–Trinajstić information content (AvgIpc) is 1.68. The second-order valence-corrected chi connectivity index (χ2v) is 2.08. The van der Waals surface area contributed by atoms with Crippen LogP contribution in [-0.2, 0) is 4.84 Å². The Hall–Kier alpha value is 0.460. The summed E-state index contributed by atoms with van der Waals surface area (Å²) in [5.41, 5.74) is 4.85. The summed E-state index contributed by atoms with van der Waals surface area (Å²) in [5.74, 6) is 4.84. The van der Waals surface area contributed by atoms with Gasteiger partial charge < -0.3 is 5.73 Å². The molecular formula is C4H14Cl2N2O. The Morgan fingerprint density at radius 3 is 1.67 bits per heavy atom. The molecule has 0 unspecified atom stereocenters. The first-order valence-electron chi connectivity index (χ1n) is 2.20. The van der Waals surface area contributed by atoms with Crippen LogP contribution in [0.25, 0.3) is 0 Å². The van der Waals surface area contributed by atoms with Gasteiger partial charge in [0.1, 0.15) is 0 Å². The van der Waals surface area contributed by atoms with Crippen molar-refractivity contribution in [3.8, 4) is 0 Å².